The Morgan fingerprint density at radius 1 is 1.20 bits per heavy atom. The molecule has 25 heavy (non-hydrogen) atoms. The van der Waals surface area contributed by atoms with Crippen molar-refractivity contribution in [3.8, 4) is 0 Å². The molecule has 6 heteroatoms. The lowest BCUT2D eigenvalue weighted by molar-refractivity contribution is 0.102. The van der Waals surface area contributed by atoms with Crippen LogP contribution in [0.15, 0.2) is 48.7 Å². The highest BCUT2D eigenvalue weighted by Gasteiger charge is 2.14. The first-order valence-electron chi connectivity index (χ1n) is 7.78. The number of aromatic nitrogens is 2. The second kappa shape index (κ2) is 7.07. The fraction of sp³-hybridized carbons (Fsp3) is 0.158. The fourth-order valence-corrected chi connectivity index (χ4v) is 2.78. The summed E-state index contributed by atoms with van der Waals surface area (Å²) in [4.78, 5) is 12.4. The van der Waals surface area contributed by atoms with Gasteiger partial charge < -0.3 is 5.32 Å². The number of benzene rings is 2. The van der Waals surface area contributed by atoms with Crippen molar-refractivity contribution in [2.45, 2.75) is 20.4 Å². The van der Waals surface area contributed by atoms with Crippen LogP contribution in [0.3, 0.4) is 0 Å². The number of amides is 1. The third kappa shape index (κ3) is 4.06. The molecule has 0 aliphatic carbocycles. The van der Waals surface area contributed by atoms with Gasteiger partial charge >= 0.3 is 0 Å². The Labute approximate surface area is 150 Å². The molecule has 1 heterocycles. The molecule has 1 aromatic heterocycles. The van der Waals surface area contributed by atoms with Crippen molar-refractivity contribution in [2.75, 3.05) is 5.32 Å². The Bertz CT molecular complexity index is 919. The first-order valence-corrected chi connectivity index (χ1v) is 8.16. The maximum Gasteiger partial charge on any atom is 0.257 e. The lowest BCUT2D eigenvalue weighted by Gasteiger charge is -2.07. The number of nitrogens with zero attached hydrogens (tertiary/aromatic N) is 2. The summed E-state index contributed by atoms with van der Waals surface area (Å²) in [5.74, 6) is -0.246. The van der Waals surface area contributed by atoms with Gasteiger partial charge in [0.15, 0.2) is 5.82 Å². The van der Waals surface area contributed by atoms with Crippen LogP contribution in [0.1, 0.15) is 27.0 Å². The number of carbonyl (C=O) groups is 1. The van der Waals surface area contributed by atoms with Gasteiger partial charge in [-0.1, -0.05) is 41.4 Å². The molecule has 1 N–H and O–H groups in total. The molecule has 0 saturated heterocycles. The van der Waals surface area contributed by atoms with E-state index in [1.54, 1.807) is 29.1 Å². The van der Waals surface area contributed by atoms with Gasteiger partial charge in [0, 0.05) is 11.8 Å². The number of nitrogens with one attached hydrogen (secondary N) is 1. The van der Waals surface area contributed by atoms with Crippen LogP contribution in [0.25, 0.3) is 0 Å². The molecule has 0 aliphatic rings. The van der Waals surface area contributed by atoms with Crippen LogP contribution in [-0.2, 0) is 6.54 Å². The number of hydrogen-bond donors (Lipinski definition) is 1. The van der Waals surface area contributed by atoms with E-state index in [9.17, 15) is 9.18 Å². The van der Waals surface area contributed by atoms with Gasteiger partial charge in [0.25, 0.3) is 5.91 Å². The number of aryl methyl sites for hydroxylation is 2. The van der Waals surface area contributed by atoms with Crippen molar-refractivity contribution in [1.82, 2.24) is 9.78 Å². The largest absolute Gasteiger partial charge is 0.304 e. The Hall–Kier alpha value is -2.66. The molecule has 0 saturated carbocycles. The predicted molar refractivity (Wildman–Crippen MR) is 96.6 cm³/mol. The zero-order valence-corrected chi connectivity index (χ0v) is 14.6. The monoisotopic (exact) mass is 357 g/mol. The van der Waals surface area contributed by atoms with E-state index in [1.165, 1.54) is 12.1 Å². The Morgan fingerprint density at radius 3 is 2.60 bits per heavy atom. The normalized spacial score (nSPS) is 10.7. The number of carbonyl (C=O) groups excluding carboxylic acids is 1. The molecule has 1 amide bonds. The van der Waals surface area contributed by atoms with Crippen molar-refractivity contribution in [3.05, 3.63) is 81.8 Å². The zero-order chi connectivity index (χ0) is 18.0. The SMILES string of the molecule is Cc1ccc(C(=O)Nc2nn(Cc3ccc(F)cc3)cc2Cl)c(C)c1. The van der Waals surface area contributed by atoms with Crippen LogP contribution in [-0.4, -0.2) is 15.7 Å². The molecule has 0 aliphatic heterocycles. The minimum atomic E-state index is -0.288. The second-order valence-corrected chi connectivity index (χ2v) is 6.33. The standard InChI is InChI=1S/C19H17ClFN3O/c1-12-3-8-16(13(2)9-12)19(25)22-18-17(20)11-24(23-18)10-14-4-6-15(21)7-5-14/h3-9,11H,10H2,1-2H3,(H,22,23,25). The first-order chi connectivity index (χ1) is 11.9. The quantitative estimate of drug-likeness (QED) is 0.742. The van der Waals surface area contributed by atoms with Crippen LogP contribution >= 0.6 is 11.6 Å². The van der Waals surface area contributed by atoms with Crippen LogP contribution in [0.5, 0.6) is 0 Å². The smallest absolute Gasteiger partial charge is 0.257 e. The van der Waals surface area contributed by atoms with Gasteiger partial charge in [-0.2, -0.15) is 5.10 Å². The van der Waals surface area contributed by atoms with Crippen molar-refractivity contribution in [1.29, 1.82) is 0 Å². The number of halogens is 2. The Kier molecular flexibility index (Phi) is 4.86. The zero-order valence-electron chi connectivity index (χ0n) is 13.9. The number of anilines is 1. The fourth-order valence-electron chi connectivity index (χ4n) is 2.58. The third-order valence-electron chi connectivity index (χ3n) is 3.83. The van der Waals surface area contributed by atoms with E-state index in [4.69, 9.17) is 11.6 Å². The molecule has 0 fully saturated rings. The summed E-state index contributed by atoms with van der Waals surface area (Å²) in [6, 6.07) is 11.8. The van der Waals surface area contributed by atoms with Gasteiger partial charge in [-0.25, -0.2) is 4.39 Å². The Balaban J connectivity index is 1.76. The van der Waals surface area contributed by atoms with E-state index in [0.717, 1.165) is 16.7 Å². The molecule has 4 nitrogen and oxygen atoms in total. The van der Waals surface area contributed by atoms with Gasteiger partial charge in [0.1, 0.15) is 10.8 Å². The highest BCUT2D eigenvalue weighted by Crippen LogP contribution is 2.21. The van der Waals surface area contributed by atoms with E-state index in [0.29, 0.717) is 22.9 Å². The van der Waals surface area contributed by atoms with Gasteiger partial charge in [0.2, 0.25) is 0 Å². The Morgan fingerprint density at radius 2 is 1.92 bits per heavy atom. The summed E-state index contributed by atoms with van der Waals surface area (Å²) in [7, 11) is 0. The van der Waals surface area contributed by atoms with Crippen LogP contribution in [0.2, 0.25) is 5.02 Å². The molecular formula is C19H17ClFN3O. The van der Waals surface area contributed by atoms with Crippen LogP contribution < -0.4 is 5.32 Å². The summed E-state index contributed by atoms with van der Waals surface area (Å²) < 4.78 is 14.6. The van der Waals surface area contributed by atoms with E-state index in [1.807, 2.05) is 26.0 Å². The highest BCUT2D eigenvalue weighted by molar-refractivity contribution is 6.33. The molecule has 0 bridgehead atoms. The first kappa shape index (κ1) is 17.2. The van der Waals surface area contributed by atoms with E-state index in [-0.39, 0.29) is 11.7 Å². The summed E-state index contributed by atoms with van der Waals surface area (Å²) in [5.41, 5.74) is 3.44. The lowest BCUT2D eigenvalue weighted by atomic mass is 10.1. The molecule has 2 aromatic carbocycles. The number of hydrogen-bond acceptors (Lipinski definition) is 2. The van der Waals surface area contributed by atoms with Gasteiger partial charge in [-0.3, -0.25) is 9.48 Å². The van der Waals surface area contributed by atoms with Gasteiger partial charge in [-0.15, -0.1) is 0 Å². The molecule has 0 atom stereocenters. The molecule has 0 radical (unpaired) electrons. The maximum absolute atomic E-state index is 13.0. The average Bonchev–Trinajstić information content (AvgIpc) is 2.89. The predicted octanol–water partition coefficient (Wildman–Crippen LogP) is 4.59. The van der Waals surface area contributed by atoms with E-state index in [2.05, 4.69) is 10.4 Å². The third-order valence-corrected chi connectivity index (χ3v) is 4.11. The van der Waals surface area contributed by atoms with Crippen LogP contribution in [0, 0.1) is 19.7 Å². The highest BCUT2D eigenvalue weighted by atomic mass is 35.5. The van der Waals surface area contributed by atoms with E-state index < -0.39 is 0 Å². The minimum absolute atomic E-state index is 0.258. The minimum Gasteiger partial charge on any atom is -0.304 e. The lowest BCUT2D eigenvalue weighted by Crippen LogP contribution is -2.14. The summed E-state index contributed by atoms with van der Waals surface area (Å²) in [6.45, 7) is 4.29. The van der Waals surface area contributed by atoms with Crippen molar-refractivity contribution >= 4 is 23.3 Å². The molecule has 0 unspecified atom stereocenters. The topological polar surface area (TPSA) is 46.9 Å². The van der Waals surface area contributed by atoms with Gasteiger partial charge in [0.05, 0.1) is 6.54 Å². The molecule has 3 aromatic rings. The maximum atomic E-state index is 13.0. The van der Waals surface area contributed by atoms with Crippen molar-refractivity contribution in [2.24, 2.45) is 0 Å². The second-order valence-electron chi connectivity index (χ2n) is 5.92. The molecule has 128 valence electrons. The summed E-state index contributed by atoms with van der Waals surface area (Å²) in [5, 5.41) is 7.39. The summed E-state index contributed by atoms with van der Waals surface area (Å²) in [6.07, 6.45) is 1.63. The number of rotatable bonds is 4. The summed E-state index contributed by atoms with van der Waals surface area (Å²) >= 11 is 6.17. The van der Waals surface area contributed by atoms with Crippen molar-refractivity contribution in [3.63, 3.8) is 0 Å². The molecular weight excluding hydrogens is 341 g/mol. The average molecular weight is 358 g/mol. The van der Waals surface area contributed by atoms with Crippen LogP contribution in [0.4, 0.5) is 10.2 Å². The van der Waals surface area contributed by atoms with E-state index >= 15 is 0 Å². The van der Waals surface area contributed by atoms with Crippen molar-refractivity contribution < 1.29 is 9.18 Å². The van der Waals surface area contributed by atoms with Gasteiger partial charge in [-0.05, 0) is 43.2 Å². The molecule has 0 spiro atoms. The molecule has 3 rings (SSSR count).